The molecule has 4 heteroatoms. The highest BCUT2D eigenvalue weighted by molar-refractivity contribution is 6.13. The Bertz CT molecular complexity index is 932. The lowest BCUT2D eigenvalue weighted by Gasteiger charge is -2.30. The minimum absolute atomic E-state index is 0.0695. The van der Waals surface area contributed by atoms with Gasteiger partial charge in [0.2, 0.25) is 5.91 Å². The molecule has 4 N–H and O–H groups in total. The molecule has 136 valence electrons. The standard InChI is InChI=1S/C23H23N3O/c1-2-15-26-21-6-4-3-5-20(21)23(22(26)27,16-7-11-18(24)12-8-16)17-9-13-19(25)14-10-17/h3-14H,2,15,24-25H2,1H3. The van der Waals surface area contributed by atoms with E-state index in [1.165, 1.54) is 0 Å². The number of para-hydroxylation sites is 1. The summed E-state index contributed by atoms with van der Waals surface area (Å²) in [6.07, 6.45) is 0.889. The molecule has 0 atom stereocenters. The number of amides is 1. The van der Waals surface area contributed by atoms with Crippen molar-refractivity contribution in [1.82, 2.24) is 0 Å². The molecule has 0 bridgehead atoms. The number of fused-ring (bicyclic) bond motifs is 1. The highest BCUT2D eigenvalue weighted by atomic mass is 16.2. The first-order chi connectivity index (χ1) is 13.1. The summed E-state index contributed by atoms with van der Waals surface area (Å²) < 4.78 is 0. The van der Waals surface area contributed by atoms with Gasteiger partial charge in [-0.3, -0.25) is 4.79 Å². The first kappa shape index (κ1) is 17.2. The van der Waals surface area contributed by atoms with Gasteiger partial charge in [-0.05, 0) is 47.9 Å². The largest absolute Gasteiger partial charge is 0.399 e. The van der Waals surface area contributed by atoms with Crippen molar-refractivity contribution in [3.8, 4) is 0 Å². The van der Waals surface area contributed by atoms with E-state index in [1.54, 1.807) is 0 Å². The lowest BCUT2D eigenvalue weighted by Crippen LogP contribution is -2.42. The van der Waals surface area contributed by atoms with Crippen LogP contribution in [0.1, 0.15) is 30.0 Å². The Hall–Kier alpha value is -3.27. The highest BCUT2D eigenvalue weighted by Crippen LogP contribution is 2.50. The molecule has 1 aliphatic heterocycles. The number of carbonyl (C=O) groups excluding carboxylic acids is 1. The number of nitrogens with zero attached hydrogens (tertiary/aromatic N) is 1. The molecule has 27 heavy (non-hydrogen) atoms. The van der Waals surface area contributed by atoms with Gasteiger partial charge in [-0.25, -0.2) is 0 Å². The quantitative estimate of drug-likeness (QED) is 0.695. The van der Waals surface area contributed by atoms with E-state index in [0.29, 0.717) is 17.9 Å². The van der Waals surface area contributed by atoms with Gasteiger partial charge < -0.3 is 16.4 Å². The third kappa shape index (κ3) is 2.48. The second-order valence-electron chi connectivity index (χ2n) is 6.97. The minimum Gasteiger partial charge on any atom is -0.399 e. The van der Waals surface area contributed by atoms with Gasteiger partial charge in [-0.1, -0.05) is 49.4 Å². The molecule has 0 saturated heterocycles. The van der Waals surface area contributed by atoms with E-state index in [4.69, 9.17) is 11.5 Å². The van der Waals surface area contributed by atoms with E-state index in [0.717, 1.165) is 28.8 Å². The van der Waals surface area contributed by atoms with E-state index >= 15 is 0 Å². The molecule has 1 aliphatic rings. The number of carbonyl (C=O) groups is 1. The van der Waals surface area contributed by atoms with Crippen LogP contribution in [0.5, 0.6) is 0 Å². The Balaban J connectivity index is 2.05. The van der Waals surface area contributed by atoms with Gasteiger partial charge in [-0.2, -0.15) is 0 Å². The smallest absolute Gasteiger partial charge is 0.246 e. The van der Waals surface area contributed by atoms with Gasteiger partial charge >= 0.3 is 0 Å². The fourth-order valence-corrected chi connectivity index (χ4v) is 4.09. The summed E-state index contributed by atoms with van der Waals surface area (Å²) in [5, 5.41) is 0. The molecule has 0 aromatic heterocycles. The number of hydrogen-bond donors (Lipinski definition) is 2. The summed E-state index contributed by atoms with van der Waals surface area (Å²) in [5.41, 5.74) is 16.1. The van der Waals surface area contributed by atoms with Crippen LogP contribution in [0.4, 0.5) is 17.1 Å². The fourth-order valence-electron chi connectivity index (χ4n) is 4.09. The average molecular weight is 357 g/mol. The lowest BCUT2D eigenvalue weighted by atomic mass is 9.70. The first-order valence-electron chi connectivity index (χ1n) is 9.22. The van der Waals surface area contributed by atoms with E-state index in [2.05, 4.69) is 13.0 Å². The summed E-state index contributed by atoms with van der Waals surface area (Å²) in [7, 11) is 0. The normalized spacial score (nSPS) is 15.0. The van der Waals surface area contributed by atoms with E-state index in [9.17, 15) is 4.79 Å². The van der Waals surface area contributed by atoms with E-state index in [-0.39, 0.29) is 5.91 Å². The van der Waals surface area contributed by atoms with Crippen molar-refractivity contribution in [3.63, 3.8) is 0 Å². The molecule has 1 amide bonds. The van der Waals surface area contributed by atoms with Crippen LogP contribution in [-0.2, 0) is 10.2 Å². The molecule has 4 nitrogen and oxygen atoms in total. The van der Waals surface area contributed by atoms with Crippen molar-refractivity contribution in [2.45, 2.75) is 18.8 Å². The number of nitrogens with two attached hydrogens (primary N) is 2. The maximum absolute atomic E-state index is 13.9. The Morgan fingerprint density at radius 3 is 1.85 bits per heavy atom. The van der Waals surface area contributed by atoms with Crippen LogP contribution in [-0.4, -0.2) is 12.5 Å². The number of nitrogen functional groups attached to an aromatic ring is 2. The van der Waals surface area contributed by atoms with Crippen LogP contribution in [0.3, 0.4) is 0 Å². The maximum atomic E-state index is 13.9. The third-order valence-electron chi connectivity index (χ3n) is 5.30. The van der Waals surface area contributed by atoms with Crippen molar-refractivity contribution in [3.05, 3.63) is 89.5 Å². The van der Waals surface area contributed by atoms with Crippen LogP contribution >= 0.6 is 0 Å². The molecule has 0 spiro atoms. The van der Waals surface area contributed by atoms with Crippen molar-refractivity contribution in [2.75, 3.05) is 22.9 Å². The highest BCUT2D eigenvalue weighted by Gasteiger charge is 2.52. The van der Waals surface area contributed by atoms with Crippen molar-refractivity contribution in [2.24, 2.45) is 0 Å². The molecule has 0 unspecified atom stereocenters. The Labute approximate surface area is 159 Å². The molecule has 0 aliphatic carbocycles. The topological polar surface area (TPSA) is 72.3 Å². The molecule has 0 fully saturated rings. The summed E-state index contributed by atoms with van der Waals surface area (Å²) in [6.45, 7) is 2.77. The van der Waals surface area contributed by atoms with Gasteiger partial charge in [0.15, 0.2) is 0 Å². The number of anilines is 3. The van der Waals surface area contributed by atoms with Gasteiger partial charge in [0.05, 0.1) is 0 Å². The lowest BCUT2D eigenvalue weighted by molar-refractivity contribution is -0.120. The number of benzene rings is 3. The SMILES string of the molecule is CCCN1C(=O)C(c2ccc(N)cc2)(c2ccc(N)cc2)c2ccccc21. The molecule has 3 aromatic carbocycles. The van der Waals surface area contributed by atoms with E-state index in [1.807, 2.05) is 71.6 Å². The summed E-state index contributed by atoms with van der Waals surface area (Å²) in [6, 6.07) is 23.3. The molecule has 0 saturated carbocycles. The Morgan fingerprint density at radius 1 is 0.815 bits per heavy atom. The molecule has 1 heterocycles. The minimum atomic E-state index is -0.896. The van der Waals surface area contributed by atoms with Crippen LogP contribution in [0.15, 0.2) is 72.8 Å². The van der Waals surface area contributed by atoms with Gasteiger partial charge in [0.25, 0.3) is 0 Å². The fraction of sp³-hybridized carbons (Fsp3) is 0.174. The molecule has 4 rings (SSSR count). The van der Waals surface area contributed by atoms with Gasteiger partial charge in [0.1, 0.15) is 5.41 Å². The van der Waals surface area contributed by atoms with E-state index < -0.39 is 5.41 Å². The number of rotatable bonds is 4. The zero-order chi connectivity index (χ0) is 19.0. The summed E-state index contributed by atoms with van der Waals surface area (Å²) >= 11 is 0. The molecular formula is C23H23N3O. The van der Waals surface area contributed by atoms with Crippen LogP contribution in [0.2, 0.25) is 0 Å². The predicted molar refractivity (Wildman–Crippen MR) is 111 cm³/mol. The number of hydrogen-bond acceptors (Lipinski definition) is 3. The second kappa shape index (κ2) is 6.47. The van der Waals surface area contributed by atoms with Crippen molar-refractivity contribution < 1.29 is 4.79 Å². The average Bonchev–Trinajstić information content (AvgIpc) is 2.93. The van der Waals surface area contributed by atoms with Gasteiger partial charge in [-0.15, -0.1) is 0 Å². The van der Waals surface area contributed by atoms with Crippen LogP contribution in [0, 0.1) is 0 Å². The molecule has 3 aromatic rings. The summed E-state index contributed by atoms with van der Waals surface area (Å²) in [4.78, 5) is 15.8. The zero-order valence-electron chi connectivity index (χ0n) is 15.4. The second-order valence-corrected chi connectivity index (χ2v) is 6.97. The Kier molecular flexibility index (Phi) is 4.11. The first-order valence-corrected chi connectivity index (χ1v) is 9.22. The Morgan fingerprint density at radius 2 is 1.33 bits per heavy atom. The predicted octanol–water partition coefficient (Wildman–Crippen LogP) is 3.94. The molecule has 0 radical (unpaired) electrons. The maximum Gasteiger partial charge on any atom is 0.246 e. The van der Waals surface area contributed by atoms with Crippen molar-refractivity contribution >= 4 is 23.0 Å². The summed E-state index contributed by atoms with van der Waals surface area (Å²) in [5.74, 6) is 0.0695. The third-order valence-corrected chi connectivity index (χ3v) is 5.30. The van der Waals surface area contributed by atoms with Crippen LogP contribution < -0.4 is 16.4 Å². The van der Waals surface area contributed by atoms with Crippen LogP contribution in [0.25, 0.3) is 0 Å². The van der Waals surface area contributed by atoms with Crippen molar-refractivity contribution in [1.29, 1.82) is 0 Å². The van der Waals surface area contributed by atoms with Gasteiger partial charge in [0, 0.05) is 29.2 Å². The molecular weight excluding hydrogens is 334 g/mol. The monoisotopic (exact) mass is 357 g/mol. The zero-order valence-corrected chi connectivity index (χ0v) is 15.4.